The van der Waals surface area contributed by atoms with Crippen LogP contribution in [0, 0.1) is 0 Å². The molecule has 5 heteroatoms. The van der Waals surface area contributed by atoms with Gasteiger partial charge in [-0.1, -0.05) is 11.6 Å². The fourth-order valence-electron chi connectivity index (χ4n) is 2.90. The van der Waals surface area contributed by atoms with Gasteiger partial charge < -0.3 is 14.6 Å². The third kappa shape index (κ3) is 2.72. The number of halogens is 1. The topological polar surface area (TPSA) is 41.9 Å². The van der Waals surface area contributed by atoms with Crippen molar-refractivity contribution in [3.05, 3.63) is 28.3 Å². The number of likely N-dealkylation sites (tertiary alicyclic amines) is 1. The van der Waals surface area contributed by atoms with Gasteiger partial charge in [-0.15, -0.1) is 0 Å². The second kappa shape index (κ2) is 5.67. The third-order valence-electron chi connectivity index (χ3n) is 3.83. The molecule has 4 nitrogen and oxygen atoms in total. The number of ether oxygens (including phenoxy) is 2. The third-order valence-corrected chi connectivity index (χ3v) is 4.05. The molecule has 1 aromatic rings. The van der Waals surface area contributed by atoms with E-state index < -0.39 is 0 Å². The molecule has 1 aromatic carbocycles. The van der Waals surface area contributed by atoms with Crippen molar-refractivity contribution in [1.82, 2.24) is 4.90 Å². The second-order valence-electron chi connectivity index (χ2n) is 5.11. The predicted molar refractivity (Wildman–Crippen MR) is 72.3 cm³/mol. The summed E-state index contributed by atoms with van der Waals surface area (Å²) in [5.74, 6) is 0.902. The second-order valence-corrected chi connectivity index (χ2v) is 5.55. The minimum atomic E-state index is 0.215. The molecule has 1 N–H and O–H groups in total. The number of fused-ring (bicyclic) bond motifs is 1. The van der Waals surface area contributed by atoms with E-state index in [1.54, 1.807) is 0 Å². The zero-order chi connectivity index (χ0) is 13.2. The molecule has 0 amide bonds. The van der Waals surface area contributed by atoms with Gasteiger partial charge in [0.15, 0.2) is 6.79 Å². The highest BCUT2D eigenvalue weighted by Crippen LogP contribution is 2.33. The molecule has 2 heterocycles. The van der Waals surface area contributed by atoms with E-state index in [0.29, 0.717) is 18.4 Å². The average molecular weight is 284 g/mol. The van der Waals surface area contributed by atoms with Crippen LogP contribution < -0.4 is 4.74 Å². The zero-order valence-corrected chi connectivity index (χ0v) is 11.5. The molecule has 1 fully saturated rings. The van der Waals surface area contributed by atoms with Crippen LogP contribution in [0.3, 0.4) is 0 Å². The molecule has 0 unspecified atom stereocenters. The number of benzene rings is 1. The lowest BCUT2D eigenvalue weighted by Crippen LogP contribution is -2.32. The van der Waals surface area contributed by atoms with Crippen LogP contribution in [-0.4, -0.2) is 36.0 Å². The van der Waals surface area contributed by atoms with Gasteiger partial charge in [-0.05, 0) is 31.5 Å². The van der Waals surface area contributed by atoms with E-state index in [0.717, 1.165) is 42.8 Å². The summed E-state index contributed by atoms with van der Waals surface area (Å²) in [6.45, 7) is 2.85. The van der Waals surface area contributed by atoms with E-state index in [1.807, 2.05) is 12.1 Å². The minimum absolute atomic E-state index is 0.215. The van der Waals surface area contributed by atoms with Crippen LogP contribution in [0.1, 0.15) is 24.0 Å². The smallest absolute Gasteiger partial charge is 0.189 e. The highest BCUT2D eigenvalue weighted by molar-refractivity contribution is 6.30. The summed E-state index contributed by atoms with van der Waals surface area (Å²) >= 11 is 6.16. The summed E-state index contributed by atoms with van der Waals surface area (Å²) in [7, 11) is 0. The predicted octanol–water partition coefficient (Wildman–Crippen LogP) is 2.16. The lowest BCUT2D eigenvalue weighted by Gasteiger charge is -2.26. The van der Waals surface area contributed by atoms with Crippen molar-refractivity contribution in [1.29, 1.82) is 0 Å². The molecule has 0 bridgehead atoms. The van der Waals surface area contributed by atoms with E-state index in [2.05, 4.69) is 4.90 Å². The molecular formula is C14H18ClNO3. The maximum Gasteiger partial charge on any atom is 0.189 e. The molecule has 1 saturated heterocycles. The van der Waals surface area contributed by atoms with Crippen molar-refractivity contribution in [3.63, 3.8) is 0 Å². The van der Waals surface area contributed by atoms with Gasteiger partial charge in [-0.3, -0.25) is 4.90 Å². The first-order valence-corrected chi connectivity index (χ1v) is 7.02. The van der Waals surface area contributed by atoms with Crippen molar-refractivity contribution in [2.24, 2.45) is 0 Å². The normalized spacial score (nSPS) is 23.2. The van der Waals surface area contributed by atoms with Crippen LogP contribution in [0.5, 0.6) is 5.75 Å². The lowest BCUT2D eigenvalue weighted by molar-refractivity contribution is -0.0175. The number of hydrogen-bond donors (Lipinski definition) is 1. The fourth-order valence-corrected chi connectivity index (χ4v) is 3.17. The standard InChI is InChI=1S/C14H18ClNO3/c15-12-4-10(6-16-3-1-2-13(16)7-17)14-11(5-12)8-18-9-19-14/h4-5,13,17H,1-3,6-9H2/t13-/m1/s1. The zero-order valence-electron chi connectivity index (χ0n) is 10.8. The van der Waals surface area contributed by atoms with Crippen LogP contribution in [-0.2, 0) is 17.9 Å². The maximum atomic E-state index is 9.39. The van der Waals surface area contributed by atoms with Crippen molar-refractivity contribution < 1.29 is 14.6 Å². The number of hydrogen-bond acceptors (Lipinski definition) is 4. The molecule has 19 heavy (non-hydrogen) atoms. The number of aliphatic hydroxyl groups is 1. The van der Waals surface area contributed by atoms with Gasteiger partial charge in [0.05, 0.1) is 13.2 Å². The summed E-state index contributed by atoms with van der Waals surface area (Å²) in [5.41, 5.74) is 2.10. The molecule has 104 valence electrons. The first kappa shape index (κ1) is 13.2. The number of rotatable bonds is 3. The van der Waals surface area contributed by atoms with Crippen LogP contribution in [0.2, 0.25) is 5.02 Å². The first-order chi connectivity index (χ1) is 9.28. The summed E-state index contributed by atoms with van der Waals surface area (Å²) in [4.78, 5) is 2.30. The maximum absolute atomic E-state index is 9.39. The molecule has 0 aliphatic carbocycles. The highest BCUT2D eigenvalue weighted by Gasteiger charge is 2.26. The summed E-state index contributed by atoms with van der Waals surface area (Å²) < 4.78 is 10.9. The number of nitrogens with zero attached hydrogens (tertiary/aromatic N) is 1. The van der Waals surface area contributed by atoms with Crippen LogP contribution >= 0.6 is 11.6 Å². The molecule has 2 aliphatic rings. The van der Waals surface area contributed by atoms with Crippen molar-refractivity contribution >= 4 is 11.6 Å². The Morgan fingerprint density at radius 3 is 3.16 bits per heavy atom. The van der Waals surface area contributed by atoms with Crippen LogP contribution in [0.15, 0.2) is 12.1 Å². The van der Waals surface area contributed by atoms with Gasteiger partial charge in [-0.25, -0.2) is 0 Å². The Bertz CT molecular complexity index is 466. The van der Waals surface area contributed by atoms with E-state index in [-0.39, 0.29) is 12.6 Å². The minimum Gasteiger partial charge on any atom is -0.467 e. The summed E-state index contributed by atoms with van der Waals surface area (Å²) in [6.07, 6.45) is 2.20. The van der Waals surface area contributed by atoms with Gasteiger partial charge in [0, 0.05) is 28.7 Å². The average Bonchev–Trinajstić information content (AvgIpc) is 2.86. The Balaban J connectivity index is 1.85. The van der Waals surface area contributed by atoms with Gasteiger partial charge in [0.25, 0.3) is 0 Å². The Morgan fingerprint density at radius 1 is 1.42 bits per heavy atom. The van der Waals surface area contributed by atoms with Crippen LogP contribution in [0.25, 0.3) is 0 Å². The summed E-state index contributed by atoms with van der Waals surface area (Å²) in [6, 6.07) is 4.11. The van der Waals surface area contributed by atoms with Crippen LogP contribution in [0.4, 0.5) is 0 Å². The Kier molecular flexibility index (Phi) is 3.93. The summed E-state index contributed by atoms with van der Waals surface area (Å²) in [5, 5.41) is 10.1. The van der Waals surface area contributed by atoms with Gasteiger partial charge in [-0.2, -0.15) is 0 Å². The Morgan fingerprint density at radius 2 is 2.32 bits per heavy atom. The SMILES string of the molecule is OC[C@H]1CCCN1Cc1cc(Cl)cc2c1OCOC2. The highest BCUT2D eigenvalue weighted by atomic mass is 35.5. The van der Waals surface area contributed by atoms with Crippen molar-refractivity contribution in [3.8, 4) is 5.75 Å². The van der Waals surface area contributed by atoms with Gasteiger partial charge >= 0.3 is 0 Å². The van der Waals surface area contributed by atoms with E-state index in [1.165, 1.54) is 0 Å². The molecule has 1 atom stereocenters. The fraction of sp³-hybridized carbons (Fsp3) is 0.571. The largest absolute Gasteiger partial charge is 0.467 e. The Labute approximate surface area is 117 Å². The Hall–Kier alpha value is -0.810. The van der Waals surface area contributed by atoms with Crippen molar-refractivity contribution in [2.45, 2.75) is 32.0 Å². The quantitative estimate of drug-likeness (QED) is 0.923. The van der Waals surface area contributed by atoms with Gasteiger partial charge in [0.2, 0.25) is 0 Å². The van der Waals surface area contributed by atoms with E-state index in [9.17, 15) is 5.11 Å². The first-order valence-electron chi connectivity index (χ1n) is 6.64. The molecule has 0 aromatic heterocycles. The van der Waals surface area contributed by atoms with E-state index in [4.69, 9.17) is 21.1 Å². The lowest BCUT2D eigenvalue weighted by atomic mass is 10.1. The van der Waals surface area contributed by atoms with Gasteiger partial charge in [0.1, 0.15) is 5.75 Å². The molecule has 3 rings (SSSR count). The molecule has 2 aliphatic heterocycles. The molecule has 0 spiro atoms. The molecule has 0 saturated carbocycles. The number of aliphatic hydroxyl groups excluding tert-OH is 1. The van der Waals surface area contributed by atoms with Crippen molar-refractivity contribution in [2.75, 3.05) is 19.9 Å². The molecule has 0 radical (unpaired) electrons. The van der Waals surface area contributed by atoms with E-state index >= 15 is 0 Å². The molecular weight excluding hydrogens is 266 g/mol. The monoisotopic (exact) mass is 283 g/mol.